The van der Waals surface area contributed by atoms with Gasteiger partial charge in [0.15, 0.2) is 10.7 Å². The van der Waals surface area contributed by atoms with E-state index in [4.69, 9.17) is 22.4 Å². The van der Waals surface area contributed by atoms with Gasteiger partial charge in [-0.2, -0.15) is 0 Å². The van der Waals surface area contributed by atoms with E-state index < -0.39 is 0 Å². The summed E-state index contributed by atoms with van der Waals surface area (Å²) in [5.74, 6) is 0.979. The first-order valence-corrected chi connectivity index (χ1v) is 4.49. The Morgan fingerprint density at radius 1 is 1.29 bits per heavy atom. The Bertz CT molecular complexity index is 450. The maximum atomic E-state index is 5.38. The van der Waals surface area contributed by atoms with E-state index >= 15 is 0 Å². The van der Waals surface area contributed by atoms with Gasteiger partial charge in [0.2, 0.25) is 0 Å². The lowest BCUT2D eigenvalue weighted by molar-refractivity contribution is 0.562. The SMILES string of the molecule is NC(=S)c1ncc(-c2ccccc2)o1. The second-order valence-electron chi connectivity index (χ2n) is 2.76. The van der Waals surface area contributed by atoms with E-state index in [1.165, 1.54) is 0 Å². The van der Waals surface area contributed by atoms with Crippen molar-refractivity contribution in [3.05, 3.63) is 42.4 Å². The molecule has 0 atom stereocenters. The number of hydrogen-bond acceptors (Lipinski definition) is 3. The number of rotatable bonds is 2. The van der Waals surface area contributed by atoms with E-state index in [0.29, 0.717) is 11.7 Å². The molecule has 0 bridgehead atoms. The summed E-state index contributed by atoms with van der Waals surface area (Å²) in [7, 11) is 0. The summed E-state index contributed by atoms with van der Waals surface area (Å²) in [5, 5.41) is 0. The van der Waals surface area contributed by atoms with Gasteiger partial charge in [-0.05, 0) is 0 Å². The lowest BCUT2D eigenvalue weighted by atomic mass is 10.2. The molecule has 1 aromatic heterocycles. The van der Waals surface area contributed by atoms with E-state index in [0.717, 1.165) is 5.56 Å². The number of thiocarbonyl (C=S) groups is 1. The summed E-state index contributed by atoms with van der Waals surface area (Å²) < 4.78 is 5.35. The highest BCUT2D eigenvalue weighted by atomic mass is 32.1. The van der Waals surface area contributed by atoms with Crippen LogP contribution in [0, 0.1) is 0 Å². The Morgan fingerprint density at radius 3 is 2.57 bits per heavy atom. The molecular formula is C10H8N2OS. The van der Waals surface area contributed by atoms with Crippen LogP contribution >= 0.6 is 12.2 Å². The van der Waals surface area contributed by atoms with Crippen molar-refractivity contribution in [2.75, 3.05) is 0 Å². The fourth-order valence-electron chi connectivity index (χ4n) is 1.12. The Labute approximate surface area is 86.6 Å². The molecule has 0 radical (unpaired) electrons. The smallest absolute Gasteiger partial charge is 0.254 e. The fraction of sp³-hybridized carbons (Fsp3) is 0. The Hall–Kier alpha value is -1.68. The molecule has 0 aliphatic heterocycles. The standard InChI is InChI=1S/C10H8N2OS/c11-9(14)10-12-6-8(13-10)7-4-2-1-3-5-7/h1-6H,(H2,11,14). The molecule has 70 valence electrons. The summed E-state index contributed by atoms with van der Waals surface area (Å²) in [5.41, 5.74) is 6.34. The first kappa shape index (κ1) is 8.90. The van der Waals surface area contributed by atoms with Gasteiger partial charge in [0.25, 0.3) is 5.89 Å². The number of benzene rings is 1. The molecule has 3 nitrogen and oxygen atoms in total. The van der Waals surface area contributed by atoms with Crippen molar-refractivity contribution in [2.45, 2.75) is 0 Å². The monoisotopic (exact) mass is 204 g/mol. The lowest BCUT2D eigenvalue weighted by Gasteiger charge is -1.93. The number of oxazole rings is 1. The molecule has 0 aliphatic carbocycles. The Balaban J connectivity index is 2.39. The predicted octanol–water partition coefficient (Wildman–Crippen LogP) is 1.98. The van der Waals surface area contributed by atoms with Crippen molar-refractivity contribution in [3.8, 4) is 11.3 Å². The molecule has 1 heterocycles. The highest BCUT2D eigenvalue weighted by Gasteiger charge is 2.06. The van der Waals surface area contributed by atoms with Crippen LogP contribution in [-0.4, -0.2) is 9.97 Å². The van der Waals surface area contributed by atoms with Crippen LogP contribution in [0.5, 0.6) is 0 Å². The van der Waals surface area contributed by atoms with Crippen molar-refractivity contribution in [2.24, 2.45) is 5.73 Å². The van der Waals surface area contributed by atoms with Crippen molar-refractivity contribution in [1.29, 1.82) is 0 Å². The van der Waals surface area contributed by atoms with E-state index in [9.17, 15) is 0 Å². The number of hydrogen-bond donors (Lipinski definition) is 1. The molecule has 14 heavy (non-hydrogen) atoms. The number of nitrogens with two attached hydrogens (primary N) is 1. The largest absolute Gasteiger partial charge is 0.434 e. The summed E-state index contributed by atoms with van der Waals surface area (Å²) in [6.45, 7) is 0. The second kappa shape index (κ2) is 3.59. The van der Waals surface area contributed by atoms with Crippen molar-refractivity contribution in [3.63, 3.8) is 0 Å². The summed E-state index contributed by atoms with van der Waals surface area (Å²) in [6.07, 6.45) is 1.61. The van der Waals surface area contributed by atoms with Crippen LogP contribution in [0.2, 0.25) is 0 Å². The minimum atomic E-state index is 0.173. The van der Waals surface area contributed by atoms with Crippen molar-refractivity contribution < 1.29 is 4.42 Å². The van der Waals surface area contributed by atoms with Gasteiger partial charge in [-0.1, -0.05) is 42.5 Å². The van der Waals surface area contributed by atoms with Gasteiger partial charge < -0.3 is 10.2 Å². The average molecular weight is 204 g/mol. The molecule has 0 unspecified atom stereocenters. The quantitative estimate of drug-likeness (QED) is 0.760. The minimum Gasteiger partial charge on any atom is -0.434 e. The third-order valence-corrected chi connectivity index (χ3v) is 1.95. The van der Waals surface area contributed by atoms with E-state index in [1.54, 1.807) is 6.20 Å². The van der Waals surface area contributed by atoms with Gasteiger partial charge in [0.1, 0.15) is 0 Å². The zero-order chi connectivity index (χ0) is 9.97. The maximum absolute atomic E-state index is 5.38. The predicted molar refractivity (Wildman–Crippen MR) is 57.8 cm³/mol. The summed E-state index contributed by atoms with van der Waals surface area (Å²) in [6, 6.07) is 9.67. The first-order valence-electron chi connectivity index (χ1n) is 4.08. The third-order valence-electron chi connectivity index (χ3n) is 1.77. The molecule has 0 saturated heterocycles. The zero-order valence-corrected chi connectivity index (χ0v) is 8.12. The van der Waals surface area contributed by atoms with Crippen molar-refractivity contribution >= 4 is 17.2 Å². The van der Waals surface area contributed by atoms with Gasteiger partial charge in [-0.15, -0.1) is 0 Å². The molecule has 2 aromatic rings. The molecule has 2 N–H and O–H groups in total. The fourth-order valence-corrected chi connectivity index (χ4v) is 1.22. The molecule has 1 aromatic carbocycles. The molecule has 0 aliphatic rings. The van der Waals surface area contributed by atoms with Crippen LogP contribution in [0.1, 0.15) is 5.89 Å². The van der Waals surface area contributed by atoms with Crippen LogP contribution < -0.4 is 5.73 Å². The lowest BCUT2D eigenvalue weighted by Crippen LogP contribution is -2.09. The Kier molecular flexibility index (Phi) is 2.28. The van der Waals surface area contributed by atoms with Crippen molar-refractivity contribution in [1.82, 2.24) is 4.98 Å². The van der Waals surface area contributed by atoms with E-state index in [1.807, 2.05) is 30.3 Å². The van der Waals surface area contributed by atoms with Gasteiger partial charge in [0, 0.05) is 5.56 Å². The number of nitrogens with zero attached hydrogens (tertiary/aromatic N) is 1. The van der Waals surface area contributed by atoms with E-state index in [2.05, 4.69) is 4.98 Å². The molecular weight excluding hydrogens is 196 g/mol. The summed E-state index contributed by atoms with van der Waals surface area (Å²) >= 11 is 4.75. The molecule has 0 spiro atoms. The third kappa shape index (κ3) is 1.65. The molecule has 2 rings (SSSR count). The molecule has 4 heteroatoms. The van der Waals surface area contributed by atoms with Gasteiger partial charge in [0.05, 0.1) is 6.20 Å². The highest BCUT2D eigenvalue weighted by molar-refractivity contribution is 7.80. The van der Waals surface area contributed by atoms with Crippen LogP contribution in [-0.2, 0) is 0 Å². The van der Waals surface area contributed by atoms with Gasteiger partial charge >= 0.3 is 0 Å². The zero-order valence-electron chi connectivity index (χ0n) is 7.31. The summed E-state index contributed by atoms with van der Waals surface area (Å²) in [4.78, 5) is 4.13. The normalized spacial score (nSPS) is 10.0. The topological polar surface area (TPSA) is 52.0 Å². The average Bonchev–Trinajstić information content (AvgIpc) is 2.68. The minimum absolute atomic E-state index is 0.173. The molecule has 0 saturated carbocycles. The van der Waals surface area contributed by atoms with Gasteiger partial charge in [-0.25, -0.2) is 4.98 Å². The van der Waals surface area contributed by atoms with Crippen LogP contribution in [0.25, 0.3) is 11.3 Å². The highest BCUT2D eigenvalue weighted by Crippen LogP contribution is 2.19. The molecule has 0 fully saturated rings. The van der Waals surface area contributed by atoms with Crippen LogP contribution in [0.15, 0.2) is 40.9 Å². The van der Waals surface area contributed by atoms with E-state index in [-0.39, 0.29) is 4.99 Å². The van der Waals surface area contributed by atoms with Crippen LogP contribution in [0.3, 0.4) is 0 Å². The van der Waals surface area contributed by atoms with Crippen LogP contribution in [0.4, 0.5) is 0 Å². The molecule has 0 amide bonds. The maximum Gasteiger partial charge on any atom is 0.254 e. The van der Waals surface area contributed by atoms with Gasteiger partial charge in [-0.3, -0.25) is 0 Å². The Morgan fingerprint density at radius 2 is 2.00 bits per heavy atom. The second-order valence-corrected chi connectivity index (χ2v) is 3.20. The number of aromatic nitrogens is 1. The first-order chi connectivity index (χ1) is 6.77.